The Kier molecular flexibility index (Phi) is 5.30. The molecule has 1 atom stereocenters. The summed E-state index contributed by atoms with van der Waals surface area (Å²) in [6, 6.07) is 3.80. The van der Waals surface area contributed by atoms with Crippen LogP contribution < -0.4 is 5.32 Å². The van der Waals surface area contributed by atoms with Crippen molar-refractivity contribution in [3.63, 3.8) is 0 Å². The van der Waals surface area contributed by atoms with Crippen LogP contribution in [0.2, 0.25) is 0 Å². The summed E-state index contributed by atoms with van der Waals surface area (Å²) < 4.78 is 0. The normalized spacial score (nSPS) is 19.3. The summed E-state index contributed by atoms with van der Waals surface area (Å²) in [5.41, 5.74) is -0.970. The monoisotopic (exact) mass is 299 g/mol. The summed E-state index contributed by atoms with van der Waals surface area (Å²) in [5.74, 6) is 0.527. The zero-order valence-corrected chi connectivity index (χ0v) is 12.9. The maximum atomic E-state index is 11.8. The Labute approximate surface area is 122 Å². The van der Waals surface area contributed by atoms with Gasteiger partial charge in [-0.15, -0.1) is 23.1 Å². The molecule has 0 unspecified atom stereocenters. The zero-order valence-electron chi connectivity index (χ0n) is 11.2. The molecule has 2 rings (SSSR count). The van der Waals surface area contributed by atoms with E-state index in [-0.39, 0.29) is 12.5 Å². The summed E-state index contributed by atoms with van der Waals surface area (Å²) in [6.07, 6.45) is 5.08. The first-order chi connectivity index (χ1) is 9.08. The molecule has 5 heteroatoms. The van der Waals surface area contributed by atoms with Crippen LogP contribution in [-0.4, -0.2) is 28.6 Å². The van der Waals surface area contributed by atoms with E-state index in [1.165, 1.54) is 37.0 Å². The molecule has 3 nitrogen and oxygen atoms in total. The maximum Gasteiger partial charge on any atom is 0.230 e. The number of carbonyl (C=O) groups excluding carboxylic acids is 1. The van der Waals surface area contributed by atoms with E-state index in [4.69, 9.17) is 0 Å². The minimum Gasteiger partial charge on any atom is -0.383 e. The summed E-state index contributed by atoms with van der Waals surface area (Å²) >= 11 is 3.26. The lowest BCUT2D eigenvalue weighted by Gasteiger charge is -2.22. The number of aliphatic hydroxyl groups is 1. The Morgan fingerprint density at radius 2 is 2.32 bits per heavy atom. The number of hydrogen-bond acceptors (Lipinski definition) is 4. The highest BCUT2D eigenvalue weighted by atomic mass is 32.2. The van der Waals surface area contributed by atoms with Crippen LogP contribution in [0.5, 0.6) is 0 Å². The zero-order chi connectivity index (χ0) is 13.7. The number of amides is 1. The first-order valence-electron chi connectivity index (χ1n) is 6.72. The van der Waals surface area contributed by atoms with Crippen molar-refractivity contribution < 1.29 is 9.90 Å². The van der Waals surface area contributed by atoms with E-state index in [1.54, 1.807) is 18.7 Å². The van der Waals surface area contributed by atoms with E-state index < -0.39 is 5.60 Å². The highest BCUT2D eigenvalue weighted by Crippen LogP contribution is 2.29. The van der Waals surface area contributed by atoms with Gasteiger partial charge < -0.3 is 10.4 Å². The molecular formula is C14H21NO2S2. The average Bonchev–Trinajstić information content (AvgIpc) is 3.06. The van der Waals surface area contributed by atoms with Crippen LogP contribution in [-0.2, 0) is 10.4 Å². The molecule has 0 spiro atoms. The predicted molar refractivity (Wildman–Crippen MR) is 81.6 cm³/mol. The molecule has 0 radical (unpaired) electrons. The number of nitrogens with one attached hydrogen (secondary N) is 1. The van der Waals surface area contributed by atoms with Gasteiger partial charge in [-0.25, -0.2) is 0 Å². The molecule has 1 aliphatic carbocycles. The molecule has 1 aromatic rings. The van der Waals surface area contributed by atoms with Crippen LogP contribution in [0, 0.1) is 0 Å². The summed E-state index contributed by atoms with van der Waals surface area (Å²) in [5, 5.41) is 15.7. The number of thiophene rings is 1. The lowest BCUT2D eigenvalue weighted by atomic mass is 10.1. The highest BCUT2D eigenvalue weighted by Gasteiger charge is 2.25. The molecule has 0 saturated heterocycles. The Morgan fingerprint density at radius 3 is 2.95 bits per heavy atom. The van der Waals surface area contributed by atoms with E-state index in [1.807, 2.05) is 17.5 Å². The van der Waals surface area contributed by atoms with Crippen molar-refractivity contribution in [2.45, 2.75) is 43.5 Å². The third-order valence-electron chi connectivity index (χ3n) is 3.43. The second kappa shape index (κ2) is 6.77. The summed E-state index contributed by atoms with van der Waals surface area (Å²) in [4.78, 5) is 12.7. The molecular weight excluding hydrogens is 278 g/mol. The minimum atomic E-state index is -0.970. The number of carbonyl (C=O) groups is 1. The van der Waals surface area contributed by atoms with Crippen molar-refractivity contribution in [1.82, 2.24) is 5.32 Å². The van der Waals surface area contributed by atoms with Crippen molar-refractivity contribution >= 4 is 29.0 Å². The molecule has 1 aromatic heterocycles. The first-order valence-corrected chi connectivity index (χ1v) is 8.65. The Morgan fingerprint density at radius 1 is 1.58 bits per heavy atom. The first kappa shape index (κ1) is 14.9. The van der Waals surface area contributed by atoms with Crippen LogP contribution in [0.3, 0.4) is 0 Å². The van der Waals surface area contributed by atoms with Gasteiger partial charge in [-0.3, -0.25) is 4.79 Å². The van der Waals surface area contributed by atoms with E-state index in [0.29, 0.717) is 11.0 Å². The van der Waals surface area contributed by atoms with Crippen molar-refractivity contribution in [3.05, 3.63) is 22.4 Å². The molecule has 1 aliphatic rings. The van der Waals surface area contributed by atoms with Crippen molar-refractivity contribution in [2.24, 2.45) is 0 Å². The van der Waals surface area contributed by atoms with Crippen molar-refractivity contribution in [3.8, 4) is 0 Å². The quantitative estimate of drug-likeness (QED) is 0.849. The fourth-order valence-electron chi connectivity index (χ4n) is 2.24. The Bertz CT molecular complexity index is 398. The number of hydrogen-bond donors (Lipinski definition) is 2. The third-order valence-corrected chi connectivity index (χ3v) is 5.93. The fourth-order valence-corrected chi connectivity index (χ4v) is 4.19. The maximum absolute atomic E-state index is 11.8. The molecule has 1 saturated carbocycles. The van der Waals surface area contributed by atoms with Crippen LogP contribution in [0.1, 0.15) is 37.5 Å². The summed E-state index contributed by atoms with van der Waals surface area (Å²) in [6.45, 7) is 2.01. The van der Waals surface area contributed by atoms with Gasteiger partial charge in [0.25, 0.3) is 0 Å². The second-order valence-corrected chi connectivity index (χ2v) is 7.48. The largest absolute Gasteiger partial charge is 0.383 e. The Hall–Kier alpha value is -0.520. The van der Waals surface area contributed by atoms with Crippen molar-refractivity contribution in [2.75, 3.05) is 12.3 Å². The van der Waals surface area contributed by atoms with Gasteiger partial charge in [0, 0.05) is 10.1 Å². The van der Waals surface area contributed by atoms with Crippen LogP contribution in [0.4, 0.5) is 0 Å². The molecule has 0 bridgehead atoms. The molecule has 1 heterocycles. The summed E-state index contributed by atoms with van der Waals surface area (Å²) in [7, 11) is 0. The molecule has 0 aromatic carbocycles. The van der Waals surface area contributed by atoms with Gasteiger partial charge in [0.2, 0.25) is 5.91 Å². The van der Waals surface area contributed by atoms with Crippen LogP contribution in [0.15, 0.2) is 17.5 Å². The van der Waals surface area contributed by atoms with Crippen molar-refractivity contribution in [1.29, 1.82) is 0 Å². The number of thioether (sulfide) groups is 1. The van der Waals surface area contributed by atoms with Gasteiger partial charge in [0.1, 0.15) is 5.60 Å². The lowest BCUT2D eigenvalue weighted by molar-refractivity contribution is -0.119. The van der Waals surface area contributed by atoms with Gasteiger partial charge in [0.05, 0.1) is 12.3 Å². The topological polar surface area (TPSA) is 49.3 Å². The SMILES string of the molecule is C[C@@](O)(CNC(=O)CSC1CCCC1)c1cccs1. The third kappa shape index (κ3) is 4.51. The van der Waals surface area contributed by atoms with Gasteiger partial charge >= 0.3 is 0 Å². The second-order valence-electron chi connectivity index (χ2n) is 5.25. The molecule has 0 aliphatic heterocycles. The molecule has 19 heavy (non-hydrogen) atoms. The standard InChI is InChI=1S/C14H21NO2S2/c1-14(17,12-7-4-8-18-12)10-15-13(16)9-19-11-5-2-3-6-11/h4,7-8,11,17H,2-3,5-6,9-10H2,1H3,(H,15,16)/t14-/m1/s1. The Balaban J connectivity index is 1.70. The smallest absolute Gasteiger partial charge is 0.230 e. The molecule has 2 N–H and O–H groups in total. The van der Waals surface area contributed by atoms with Crippen LogP contribution in [0.25, 0.3) is 0 Å². The van der Waals surface area contributed by atoms with E-state index in [9.17, 15) is 9.90 Å². The van der Waals surface area contributed by atoms with Gasteiger partial charge in [-0.1, -0.05) is 18.9 Å². The molecule has 1 amide bonds. The number of rotatable bonds is 6. The fraction of sp³-hybridized carbons (Fsp3) is 0.643. The lowest BCUT2D eigenvalue weighted by Crippen LogP contribution is -2.39. The van der Waals surface area contributed by atoms with E-state index >= 15 is 0 Å². The molecule has 106 valence electrons. The van der Waals surface area contributed by atoms with E-state index in [0.717, 1.165) is 4.88 Å². The van der Waals surface area contributed by atoms with Gasteiger partial charge in [-0.05, 0) is 31.2 Å². The predicted octanol–water partition coefficient (Wildman–Crippen LogP) is 2.75. The highest BCUT2D eigenvalue weighted by molar-refractivity contribution is 8.00. The van der Waals surface area contributed by atoms with Gasteiger partial charge in [0.15, 0.2) is 0 Å². The van der Waals surface area contributed by atoms with Gasteiger partial charge in [-0.2, -0.15) is 0 Å². The van der Waals surface area contributed by atoms with Crippen LogP contribution >= 0.6 is 23.1 Å². The molecule has 1 fully saturated rings. The minimum absolute atomic E-state index is 0.0220. The average molecular weight is 299 g/mol. The van der Waals surface area contributed by atoms with E-state index in [2.05, 4.69) is 5.32 Å².